The Bertz CT molecular complexity index is 685. The third kappa shape index (κ3) is 3.69. The lowest BCUT2D eigenvalue weighted by Gasteiger charge is -2.10. The Labute approximate surface area is 124 Å². The molecule has 2 rings (SSSR count). The number of carboxylic acids is 1. The van der Waals surface area contributed by atoms with Gasteiger partial charge in [0.1, 0.15) is 0 Å². The number of amides is 1. The standard InChI is InChI=1S/C12H12ClN5O3/c13-7-1-2-8(11(14)19)9(5-7)15-3-4-18-6-10(12(20)21)16-17-18/h1-2,5-6,15H,3-4H2,(H2,14,19)(H,20,21). The number of primary amides is 1. The first-order chi connectivity index (χ1) is 9.97. The van der Waals surface area contributed by atoms with Crippen LogP contribution in [0.15, 0.2) is 24.4 Å². The van der Waals surface area contributed by atoms with Crippen LogP contribution >= 0.6 is 11.6 Å². The summed E-state index contributed by atoms with van der Waals surface area (Å²) in [5, 5.41) is 19.4. The van der Waals surface area contributed by atoms with Crippen LogP contribution in [0.2, 0.25) is 5.02 Å². The number of nitrogens with two attached hydrogens (primary N) is 1. The molecule has 9 heteroatoms. The van der Waals surface area contributed by atoms with Gasteiger partial charge in [-0.25, -0.2) is 9.48 Å². The highest BCUT2D eigenvalue weighted by molar-refractivity contribution is 6.31. The van der Waals surface area contributed by atoms with Crippen molar-refractivity contribution in [3.63, 3.8) is 0 Å². The fraction of sp³-hybridized carbons (Fsp3) is 0.167. The van der Waals surface area contributed by atoms with Gasteiger partial charge >= 0.3 is 5.97 Å². The summed E-state index contributed by atoms with van der Waals surface area (Å²) in [5.74, 6) is -1.71. The largest absolute Gasteiger partial charge is 0.476 e. The molecule has 4 N–H and O–H groups in total. The van der Waals surface area contributed by atoms with Gasteiger partial charge in [0.15, 0.2) is 5.69 Å². The number of rotatable bonds is 6. The van der Waals surface area contributed by atoms with Crippen LogP contribution in [-0.4, -0.2) is 38.5 Å². The zero-order valence-corrected chi connectivity index (χ0v) is 11.5. The molecular weight excluding hydrogens is 298 g/mol. The van der Waals surface area contributed by atoms with Crippen molar-refractivity contribution in [2.24, 2.45) is 5.73 Å². The summed E-state index contributed by atoms with van der Waals surface area (Å²) in [6.07, 6.45) is 1.32. The van der Waals surface area contributed by atoms with E-state index in [2.05, 4.69) is 15.6 Å². The second-order valence-electron chi connectivity index (χ2n) is 4.15. The molecule has 0 fully saturated rings. The van der Waals surface area contributed by atoms with E-state index in [0.29, 0.717) is 29.4 Å². The van der Waals surface area contributed by atoms with Crippen molar-refractivity contribution in [3.8, 4) is 0 Å². The highest BCUT2D eigenvalue weighted by Crippen LogP contribution is 2.20. The highest BCUT2D eigenvalue weighted by Gasteiger charge is 2.10. The van der Waals surface area contributed by atoms with Crippen LogP contribution in [-0.2, 0) is 6.54 Å². The van der Waals surface area contributed by atoms with Gasteiger partial charge in [0.25, 0.3) is 5.91 Å². The van der Waals surface area contributed by atoms with Gasteiger partial charge in [0, 0.05) is 17.3 Å². The molecule has 0 aliphatic rings. The smallest absolute Gasteiger partial charge is 0.358 e. The number of nitrogens with one attached hydrogen (secondary N) is 1. The number of aromatic carboxylic acids is 1. The molecule has 1 heterocycles. The number of nitrogens with zero attached hydrogens (tertiary/aromatic N) is 3. The first-order valence-corrected chi connectivity index (χ1v) is 6.32. The number of aromatic nitrogens is 3. The number of hydrogen-bond acceptors (Lipinski definition) is 5. The van der Waals surface area contributed by atoms with Crippen LogP contribution in [0.4, 0.5) is 5.69 Å². The number of halogens is 1. The average Bonchev–Trinajstić information content (AvgIpc) is 2.87. The highest BCUT2D eigenvalue weighted by atomic mass is 35.5. The second kappa shape index (κ2) is 6.23. The van der Waals surface area contributed by atoms with E-state index in [-0.39, 0.29) is 5.69 Å². The van der Waals surface area contributed by atoms with E-state index in [9.17, 15) is 9.59 Å². The fourth-order valence-corrected chi connectivity index (χ4v) is 1.86. The van der Waals surface area contributed by atoms with Gasteiger partial charge in [-0.3, -0.25) is 4.79 Å². The van der Waals surface area contributed by atoms with Crippen molar-refractivity contribution in [1.29, 1.82) is 0 Å². The number of anilines is 1. The SMILES string of the molecule is NC(=O)c1ccc(Cl)cc1NCCn1cc(C(=O)O)nn1. The molecule has 0 saturated heterocycles. The number of carbonyl (C=O) groups is 2. The van der Waals surface area contributed by atoms with Crippen LogP contribution in [0.1, 0.15) is 20.8 Å². The predicted octanol–water partition coefficient (Wildman–Crippen LogP) is 0.841. The molecular formula is C12H12ClN5O3. The van der Waals surface area contributed by atoms with E-state index >= 15 is 0 Å². The lowest BCUT2D eigenvalue weighted by atomic mass is 10.1. The Kier molecular flexibility index (Phi) is 4.39. The monoisotopic (exact) mass is 309 g/mol. The molecule has 0 aliphatic heterocycles. The van der Waals surface area contributed by atoms with Crippen molar-refractivity contribution in [2.75, 3.05) is 11.9 Å². The van der Waals surface area contributed by atoms with Crippen LogP contribution in [0.25, 0.3) is 0 Å². The third-order valence-corrected chi connectivity index (χ3v) is 2.90. The maximum Gasteiger partial charge on any atom is 0.358 e. The number of benzene rings is 1. The molecule has 0 aliphatic carbocycles. The quantitative estimate of drug-likeness (QED) is 0.726. The van der Waals surface area contributed by atoms with Gasteiger partial charge in [-0.1, -0.05) is 16.8 Å². The maximum atomic E-state index is 11.3. The molecule has 110 valence electrons. The van der Waals surface area contributed by atoms with E-state index < -0.39 is 11.9 Å². The molecule has 1 aromatic carbocycles. The van der Waals surface area contributed by atoms with Gasteiger partial charge in [-0.2, -0.15) is 0 Å². The van der Waals surface area contributed by atoms with Crippen molar-refractivity contribution >= 4 is 29.2 Å². The first kappa shape index (κ1) is 14.8. The number of hydrogen-bond donors (Lipinski definition) is 3. The van der Waals surface area contributed by atoms with E-state index in [1.807, 2.05) is 0 Å². The molecule has 0 radical (unpaired) electrons. The van der Waals surface area contributed by atoms with Crippen LogP contribution in [0, 0.1) is 0 Å². The Morgan fingerprint density at radius 1 is 1.43 bits per heavy atom. The Hall–Kier alpha value is -2.61. The summed E-state index contributed by atoms with van der Waals surface area (Å²) in [7, 11) is 0. The molecule has 8 nitrogen and oxygen atoms in total. The van der Waals surface area contributed by atoms with Gasteiger partial charge in [0.05, 0.1) is 18.3 Å². The Morgan fingerprint density at radius 2 is 2.19 bits per heavy atom. The number of carbonyl (C=O) groups excluding carboxylic acids is 1. The molecule has 21 heavy (non-hydrogen) atoms. The average molecular weight is 310 g/mol. The van der Waals surface area contributed by atoms with E-state index in [4.69, 9.17) is 22.4 Å². The predicted molar refractivity (Wildman–Crippen MR) is 75.4 cm³/mol. The molecule has 0 bridgehead atoms. The van der Waals surface area contributed by atoms with Crippen molar-refractivity contribution in [3.05, 3.63) is 40.7 Å². The molecule has 0 spiro atoms. The van der Waals surface area contributed by atoms with E-state index in [1.54, 1.807) is 12.1 Å². The second-order valence-corrected chi connectivity index (χ2v) is 4.59. The minimum atomic E-state index is -1.14. The van der Waals surface area contributed by atoms with Gasteiger partial charge in [-0.05, 0) is 18.2 Å². The molecule has 1 amide bonds. The van der Waals surface area contributed by atoms with Gasteiger partial charge in [-0.15, -0.1) is 5.10 Å². The fourth-order valence-electron chi connectivity index (χ4n) is 1.69. The molecule has 1 aromatic heterocycles. The zero-order valence-electron chi connectivity index (χ0n) is 10.8. The summed E-state index contributed by atoms with van der Waals surface area (Å²) < 4.78 is 1.38. The number of carboxylic acid groups (broad SMARTS) is 1. The maximum absolute atomic E-state index is 11.3. The summed E-state index contributed by atoms with van der Waals surface area (Å²) >= 11 is 5.87. The summed E-state index contributed by atoms with van der Waals surface area (Å²) in [6, 6.07) is 4.69. The van der Waals surface area contributed by atoms with Crippen molar-refractivity contribution < 1.29 is 14.7 Å². The van der Waals surface area contributed by atoms with Gasteiger partial charge in [0.2, 0.25) is 0 Å². The van der Waals surface area contributed by atoms with E-state index in [1.165, 1.54) is 16.9 Å². The lowest BCUT2D eigenvalue weighted by molar-refractivity contribution is 0.0690. The minimum absolute atomic E-state index is 0.129. The normalized spacial score (nSPS) is 10.3. The topological polar surface area (TPSA) is 123 Å². The molecule has 2 aromatic rings. The summed E-state index contributed by atoms with van der Waals surface area (Å²) in [5.41, 5.74) is 5.97. The van der Waals surface area contributed by atoms with Gasteiger partial charge < -0.3 is 16.2 Å². The molecule has 0 unspecified atom stereocenters. The Morgan fingerprint density at radius 3 is 2.81 bits per heavy atom. The van der Waals surface area contributed by atoms with Crippen LogP contribution in [0.3, 0.4) is 0 Å². The lowest BCUT2D eigenvalue weighted by Crippen LogP contribution is -2.17. The molecule has 0 atom stereocenters. The van der Waals surface area contributed by atoms with Crippen LogP contribution in [0.5, 0.6) is 0 Å². The van der Waals surface area contributed by atoms with E-state index in [0.717, 1.165) is 0 Å². The first-order valence-electron chi connectivity index (χ1n) is 5.94. The summed E-state index contributed by atoms with van der Waals surface area (Å²) in [4.78, 5) is 22.0. The minimum Gasteiger partial charge on any atom is -0.476 e. The zero-order chi connectivity index (χ0) is 15.4. The van der Waals surface area contributed by atoms with Crippen molar-refractivity contribution in [1.82, 2.24) is 15.0 Å². The molecule has 0 saturated carbocycles. The van der Waals surface area contributed by atoms with Crippen LogP contribution < -0.4 is 11.1 Å². The Balaban J connectivity index is 2.01. The van der Waals surface area contributed by atoms with Crippen molar-refractivity contribution in [2.45, 2.75) is 6.54 Å². The summed E-state index contributed by atoms with van der Waals surface area (Å²) in [6.45, 7) is 0.758. The third-order valence-electron chi connectivity index (χ3n) is 2.66.